The van der Waals surface area contributed by atoms with Crippen molar-refractivity contribution < 1.29 is 24.1 Å². The van der Waals surface area contributed by atoms with Gasteiger partial charge >= 0.3 is 0 Å². The minimum absolute atomic E-state index is 0.0251. The fourth-order valence-corrected chi connectivity index (χ4v) is 2.91. The van der Waals surface area contributed by atoms with E-state index in [1.54, 1.807) is 0 Å². The lowest BCUT2D eigenvalue weighted by atomic mass is 10.1. The number of benzene rings is 1. The SMILES string of the molecule is O=[N+]([O-])OC1COC2C(NCCCOc3ccccc3)COC12. The molecule has 0 saturated carbocycles. The number of ether oxygens (including phenoxy) is 3. The van der Waals surface area contributed by atoms with Crippen LogP contribution >= 0.6 is 0 Å². The maximum atomic E-state index is 10.4. The number of para-hydroxylation sites is 1. The Hall–Kier alpha value is -1.90. The van der Waals surface area contributed by atoms with E-state index in [9.17, 15) is 10.1 Å². The lowest BCUT2D eigenvalue weighted by Crippen LogP contribution is -2.42. The van der Waals surface area contributed by atoms with Gasteiger partial charge < -0.3 is 24.4 Å². The van der Waals surface area contributed by atoms with Crippen molar-refractivity contribution in [1.82, 2.24) is 5.32 Å². The molecule has 0 aromatic heterocycles. The zero-order valence-electron chi connectivity index (χ0n) is 12.6. The van der Waals surface area contributed by atoms with Crippen LogP contribution in [0.2, 0.25) is 0 Å². The molecule has 126 valence electrons. The number of hydrogen-bond acceptors (Lipinski definition) is 7. The summed E-state index contributed by atoms with van der Waals surface area (Å²) in [5, 5.41) is 13.0. The summed E-state index contributed by atoms with van der Waals surface area (Å²) in [5.74, 6) is 0.857. The molecule has 0 radical (unpaired) electrons. The molecule has 23 heavy (non-hydrogen) atoms. The van der Waals surface area contributed by atoms with Crippen molar-refractivity contribution in [3.05, 3.63) is 40.4 Å². The van der Waals surface area contributed by atoms with E-state index in [-0.39, 0.29) is 24.9 Å². The van der Waals surface area contributed by atoms with Crippen molar-refractivity contribution >= 4 is 0 Å². The molecule has 1 N–H and O–H groups in total. The molecule has 2 saturated heterocycles. The fraction of sp³-hybridized carbons (Fsp3) is 0.600. The molecule has 0 bridgehead atoms. The standard InChI is InChI=1S/C15H20N2O6/c18-17(19)23-13-10-22-14-12(9-21-15(13)14)16-7-4-8-20-11-5-2-1-3-6-11/h1-3,5-6,12-16H,4,7-10H2. The van der Waals surface area contributed by atoms with Gasteiger partial charge in [0.25, 0.3) is 5.09 Å². The average Bonchev–Trinajstić information content (AvgIpc) is 3.11. The summed E-state index contributed by atoms with van der Waals surface area (Å²) < 4.78 is 16.8. The highest BCUT2D eigenvalue weighted by molar-refractivity contribution is 5.20. The number of hydrogen-bond donors (Lipinski definition) is 1. The Morgan fingerprint density at radius 1 is 1.22 bits per heavy atom. The van der Waals surface area contributed by atoms with Crippen LogP contribution in [0.1, 0.15) is 6.42 Å². The second-order valence-electron chi connectivity index (χ2n) is 5.54. The Labute approximate surface area is 133 Å². The van der Waals surface area contributed by atoms with Gasteiger partial charge in [0.15, 0.2) is 6.10 Å². The van der Waals surface area contributed by atoms with E-state index in [4.69, 9.17) is 14.2 Å². The molecule has 8 heteroatoms. The predicted molar refractivity (Wildman–Crippen MR) is 79.7 cm³/mol. The van der Waals surface area contributed by atoms with Crippen LogP contribution in [0.4, 0.5) is 0 Å². The average molecular weight is 324 g/mol. The normalized spacial score (nSPS) is 29.2. The van der Waals surface area contributed by atoms with Gasteiger partial charge in [-0.3, -0.25) is 0 Å². The molecule has 1 aromatic rings. The highest BCUT2D eigenvalue weighted by Crippen LogP contribution is 2.28. The van der Waals surface area contributed by atoms with Crippen LogP contribution < -0.4 is 10.1 Å². The first kappa shape index (κ1) is 16.0. The predicted octanol–water partition coefficient (Wildman–Crippen LogP) is 0.788. The molecule has 4 unspecified atom stereocenters. The third-order valence-electron chi connectivity index (χ3n) is 3.97. The maximum absolute atomic E-state index is 10.4. The van der Waals surface area contributed by atoms with Crippen LogP contribution in [-0.2, 0) is 14.3 Å². The number of rotatable bonds is 8. The van der Waals surface area contributed by atoms with E-state index in [1.165, 1.54) is 0 Å². The van der Waals surface area contributed by atoms with E-state index in [0.717, 1.165) is 18.7 Å². The van der Waals surface area contributed by atoms with E-state index >= 15 is 0 Å². The summed E-state index contributed by atoms with van der Waals surface area (Å²) in [6, 6.07) is 9.68. The van der Waals surface area contributed by atoms with Gasteiger partial charge in [0.2, 0.25) is 0 Å². The number of nitrogens with one attached hydrogen (secondary N) is 1. The van der Waals surface area contributed by atoms with Crippen molar-refractivity contribution in [3.63, 3.8) is 0 Å². The lowest BCUT2D eigenvalue weighted by Gasteiger charge is -2.17. The van der Waals surface area contributed by atoms with Gasteiger partial charge in [0, 0.05) is 0 Å². The van der Waals surface area contributed by atoms with Gasteiger partial charge in [-0.05, 0) is 25.1 Å². The van der Waals surface area contributed by atoms with Crippen LogP contribution in [0.3, 0.4) is 0 Å². The second-order valence-corrected chi connectivity index (χ2v) is 5.54. The van der Waals surface area contributed by atoms with E-state index in [1.807, 2.05) is 30.3 Å². The molecule has 0 aliphatic carbocycles. The molecule has 0 amide bonds. The van der Waals surface area contributed by atoms with Crippen LogP contribution in [-0.4, -0.2) is 55.8 Å². The summed E-state index contributed by atoms with van der Waals surface area (Å²) in [6.07, 6.45) is -0.367. The third-order valence-corrected chi connectivity index (χ3v) is 3.97. The van der Waals surface area contributed by atoms with Crippen LogP contribution in [0.5, 0.6) is 5.75 Å². The quantitative estimate of drug-likeness (QED) is 0.429. The number of fused-ring (bicyclic) bond motifs is 1. The Bertz CT molecular complexity index is 514. The van der Waals surface area contributed by atoms with Gasteiger partial charge in [-0.15, -0.1) is 10.1 Å². The third kappa shape index (κ3) is 4.10. The second kappa shape index (κ2) is 7.58. The van der Waals surface area contributed by atoms with Crippen molar-refractivity contribution in [1.29, 1.82) is 0 Å². The molecule has 0 spiro atoms. The molecule has 1 aromatic carbocycles. The molecular formula is C15H20N2O6. The van der Waals surface area contributed by atoms with Gasteiger partial charge in [-0.2, -0.15) is 0 Å². The fourth-order valence-electron chi connectivity index (χ4n) is 2.91. The largest absolute Gasteiger partial charge is 0.494 e. The highest BCUT2D eigenvalue weighted by Gasteiger charge is 2.49. The molecule has 8 nitrogen and oxygen atoms in total. The van der Waals surface area contributed by atoms with E-state index < -0.39 is 11.2 Å². The van der Waals surface area contributed by atoms with E-state index in [2.05, 4.69) is 10.2 Å². The Morgan fingerprint density at radius 3 is 2.78 bits per heavy atom. The Kier molecular flexibility index (Phi) is 5.27. The first-order valence-electron chi connectivity index (χ1n) is 7.69. The Balaban J connectivity index is 1.35. The van der Waals surface area contributed by atoms with Crippen molar-refractivity contribution in [2.45, 2.75) is 30.8 Å². The van der Waals surface area contributed by atoms with Gasteiger partial charge in [-0.25, -0.2) is 0 Å². The van der Waals surface area contributed by atoms with Crippen LogP contribution in [0, 0.1) is 10.1 Å². The molecule has 2 aliphatic heterocycles. The smallest absolute Gasteiger partial charge is 0.294 e. The van der Waals surface area contributed by atoms with Crippen LogP contribution in [0.15, 0.2) is 30.3 Å². The molecular weight excluding hydrogens is 304 g/mol. The zero-order chi connectivity index (χ0) is 16.1. The molecule has 2 aliphatic rings. The maximum Gasteiger partial charge on any atom is 0.294 e. The van der Waals surface area contributed by atoms with Crippen LogP contribution in [0.25, 0.3) is 0 Å². The van der Waals surface area contributed by atoms with Crippen molar-refractivity contribution in [2.75, 3.05) is 26.4 Å². The topological polar surface area (TPSA) is 92.1 Å². The highest BCUT2D eigenvalue weighted by atomic mass is 17.0. The zero-order valence-corrected chi connectivity index (χ0v) is 12.6. The van der Waals surface area contributed by atoms with Gasteiger partial charge in [0.1, 0.15) is 18.0 Å². The van der Waals surface area contributed by atoms with Crippen molar-refractivity contribution in [3.8, 4) is 5.75 Å². The summed E-state index contributed by atoms with van der Waals surface area (Å²) in [7, 11) is 0. The summed E-state index contributed by atoms with van der Waals surface area (Å²) in [4.78, 5) is 15.0. The Morgan fingerprint density at radius 2 is 2.00 bits per heavy atom. The monoisotopic (exact) mass is 324 g/mol. The lowest BCUT2D eigenvalue weighted by molar-refractivity contribution is -0.769. The van der Waals surface area contributed by atoms with Gasteiger partial charge in [0.05, 0.1) is 25.9 Å². The summed E-state index contributed by atoms with van der Waals surface area (Å²) in [6.45, 7) is 2.03. The minimum atomic E-state index is -0.790. The summed E-state index contributed by atoms with van der Waals surface area (Å²) >= 11 is 0. The van der Waals surface area contributed by atoms with Crippen molar-refractivity contribution in [2.24, 2.45) is 0 Å². The summed E-state index contributed by atoms with van der Waals surface area (Å²) in [5.41, 5.74) is 0. The number of nitrogens with zero attached hydrogens (tertiary/aromatic N) is 1. The van der Waals surface area contributed by atoms with E-state index in [0.29, 0.717) is 13.2 Å². The molecule has 2 fully saturated rings. The molecule has 2 heterocycles. The molecule has 4 atom stereocenters. The first-order chi connectivity index (χ1) is 11.2. The van der Waals surface area contributed by atoms with Gasteiger partial charge in [-0.1, -0.05) is 18.2 Å². The first-order valence-corrected chi connectivity index (χ1v) is 7.69. The molecule has 3 rings (SSSR count). The minimum Gasteiger partial charge on any atom is -0.494 e.